The largest absolute Gasteiger partial charge is 0.417 e. The molecule has 1 aromatic carbocycles. The molecule has 0 unspecified atom stereocenters. The second-order valence-corrected chi connectivity index (χ2v) is 9.41. The quantitative estimate of drug-likeness (QED) is 0.375. The number of hydrogen-bond acceptors (Lipinski definition) is 0. The number of benzene rings is 1. The van der Waals surface area contributed by atoms with E-state index in [1.807, 2.05) is 19.6 Å². The van der Waals surface area contributed by atoms with Crippen LogP contribution in [-0.4, -0.2) is 8.07 Å². The van der Waals surface area contributed by atoms with E-state index < -0.39 is 31.2 Å². The van der Waals surface area contributed by atoms with Crippen molar-refractivity contribution in [2.45, 2.75) is 25.8 Å². The van der Waals surface area contributed by atoms with E-state index >= 15 is 0 Å². The minimum atomic E-state index is -4.58. The summed E-state index contributed by atoms with van der Waals surface area (Å²) in [6.07, 6.45) is -4.58. The molecule has 1 aromatic rings. The maximum Gasteiger partial charge on any atom is 0.417 e. The first-order chi connectivity index (χ1) is 7.61. The third kappa shape index (κ3) is 3.90. The standard InChI is InChI=1S/C12H12F4Si/c1-17(2,3)8-7-9-10(12(14,15)16)5-4-6-11(9)13/h4-6H,1-3H3. The van der Waals surface area contributed by atoms with E-state index in [0.717, 1.165) is 18.2 Å². The Bertz CT molecular complexity index is 472. The van der Waals surface area contributed by atoms with Crippen molar-refractivity contribution >= 4 is 8.07 Å². The van der Waals surface area contributed by atoms with Gasteiger partial charge in [-0.1, -0.05) is 31.6 Å². The van der Waals surface area contributed by atoms with Gasteiger partial charge in [-0.15, -0.1) is 5.54 Å². The number of rotatable bonds is 0. The fourth-order valence-corrected chi connectivity index (χ4v) is 1.64. The molecule has 0 aliphatic heterocycles. The summed E-state index contributed by atoms with van der Waals surface area (Å²) in [6.45, 7) is 5.65. The molecule has 0 spiro atoms. The van der Waals surface area contributed by atoms with E-state index in [9.17, 15) is 17.6 Å². The van der Waals surface area contributed by atoms with Crippen molar-refractivity contribution in [2.75, 3.05) is 0 Å². The number of halogens is 4. The van der Waals surface area contributed by atoms with Crippen molar-refractivity contribution in [1.82, 2.24) is 0 Å². The number of alkyl halides is 3. The van der Waals surface area contributed by atoms with Crippen LogP contribution >= 0.6 is 0 Å². The summed E-state index contributed by atoms with van der Waals surface area (Å²) >= 11 is 0. The molecule has 0 aromatic heterocycles. The lowest BCUT2D eigenvalue weighted by molar-refractivity contribution is -0.138. The van der Waals surface area contributed by atoms with Crippen molar-refractivity contribution in [3.8, 4) is 11.5 Å². The van der Waals surface area contributed by atoms with E-state index in [1.165, 1.54) is 0 Å². The summed E-state index contributed by atoms with van der Waals surface area (Å²) in [7, 11) is -1.84. The van der Waals surface area contributed by atoms with Gasteiger partial charge >= 0.3 is 6.18 Å². The molecule has 0 fully saturated rings. The van der Waals surface area contributed by atoms with Gasteiger partial charge in [0.25, 0.3) is 0 Å². The molecular weight excluding hydrogens is 248 g/mol. The molecule has 1 rings (SSSR count). The lowest BCUT2D eigenvalue weighted by atomic mass is 10.1. The summed E-state index contributed by atoms with van der Waals surface area (Å²) in [5.74, 6) is 1.42. The highest BCUT2D eigenvalue weighted by Crippen LogP contribution is 2.32. The molecule has 0 nitrogen and oxygen atoms in total. The van der Waals surface area contributed by atoms with Crippen LogP contribution in [0.3, 0.4) is 0 Å². The van der Waals surface area contributed by atoms with E-state index in [4.69, 9.17) is 0 Å². The summed E-state index contributed by atoms with van der Waals surface area (Å²) in [5.41, 5.74) is 1.18. The smallest absolute Gasteiger partial charge is 0.206 e. The third-order valence-corrected chi connectivity index (χ3v) is 2.76. The van der Waals surface area contributed by atoms with E-state index in [1.54, 1.807) is 0 Å². The molecule has 0 atom stereocenters. The fourth-order valence-electron chi connectivity index (χ4n) is 1.14. The highest BCUT2D eigenvalue weighted by atomic mass is 28.3. The Balaban J connectivity index is 3.36. The zero-order valence-electron chi connectivity index (χ0n) is 9.74. The molecule has 0 amide bonds. The minimum absolute atomic E-state index is 0.553. The van der Waals surface area contributed by atoms with Crippen molar-refractivity contribution in [1.29, 1.82) is 0 Å². The van der Waals surface area contributed by atoms with Gasteiger partial charge in [-0.05, 0) is 12.1 Å². The van der Waals surface area contributed by atoms with Crippen LogP contribution < -0.4 is 0 Å². The van der Waals surface area contributed by atoms with Gasteiger partial charge in [-0.25, -0.2) is 4.39 Å². The van der Waals surface area contributed by atoms with Crippen molar-refractivity contribution < 1.29 is 17.6 Å². The molecule has 0 N–H and O–H groups in total. The maximum absolute atomic E-state index is 13.4. The van der Waals surface area contributed by atoms with Gasteiger partial charge in [0, 0.05) is 0 Å². The first-order valence-corrected chi connectivity index (χ1v) is 8.50. The first-order valence-electron chi connectivity index (χ1n) is 5.00. The maximum atomic E-state index is 13.4. The highest BCUT2D eigenvalue weighted by Gasteiger charge is 2.34. The number of hydrogen-bond donors (Lipinski definition) is 0. The summed E-state index contributed by atoms with van der Waals surface area (Å²) in [4.78, 5) is 0. The highest BCUT2D eigenvalue weighted by molar-refractivity contribution is 6.83. The summed E-state index contributed by atoms with van der Waals surface area (Å²) in [5, 5.41) is 0. The zero-order chi connectivity index (χ0) is 13.3. The topological polar surface area (TPSA) is 0 Å². The van der Waals surface area contributed by atoms with Crippen LogP contribution in [0.15, 0.2) is 18.2 Å². The molecular formula is C12H12F4Si. The monoisotopic (exact) mass is 260 g/mol. The molecule has 0 bridgehead atoms. The zero-order valence-corrected chi connectivity index (χ0v) is 10.7. The normalized spacial score (nSPS) is 11.9. The van der Waals surface area contributed by atoms with Gasteiger partial charge < -0.3 is 0 Å². The summed E-state index contributed by atoms with van der Waals surface area (Å²) < 4.78 is 51.2. The first kappa shape index (κ1) is 13.8. The Morgan fingerprint density at radius 1 is 1.12 bits per heavy atom. The predicted octanol–water partition coefficient (Wildman–Crippen LogP) is 4.07. The predicted molar refractivity (Wildman–Crippen MR) is 61.6 cm³/mol. The Morgan fingerprint density at radius 3 is 2.18 bits per heavy atom. The van der Waals surface area contributed by atoms with Crippen molar-refractivity contribution in [3.05, 3.63) is 35.1 Å². The minimum Gasteiger partial charge on any atom is -0.206 e. The van der Waals surface area contributed by atoms with Crippen LogP contribution in [0.1, 0.15) is 11.1 Å². The van der Waals surface area contributed by atoms with Crippen molar-refractivity contribution in [3.63, 3.8) is 0 Å². The molecule has 0 heterocycles. The van der Waals surface area contributed by atoms with E-state index in [2.05, 4.69) is 11.5 Å². The molecule has 0 radical (unpaired) electrons. The molecule has 0 saturated heterocycles. The average Bonchev–Trinajstić information content (AvgIpc) is 2.12. The molecule has 92 valence electrons. The van der Waals surface area contributed by atoms with Crippen LogP contribution in [0.2, 0.25) is 19.6 Å². The molecule has 17 heavy (non-hydrogen) atoms. The van der Waals surface area contributed by atoms with E-state index in [-0.39, 0.29) is 0 Å². The van der Waals surface area contributed by atoms with Gasteiger partial charge in [0.1, 0.15) is 13.9 Å². The van der Waals surface area contributed by atoms with Crippen LogP contribution in [0, 0.1) is 17.3 Å². The van der Waals surface area contributed by atoms with Gasteiger partial charge in [-0.2, -0.15) is 13.2 Å². The lowest BCUT2D eigenvalue weighted by Gasteiger charge is -2.10. The Labute approximate surface area is 98.7 Å². The molecule has 0 saturated carbocycles. The van der Waals surface area contributed by atoms with Gasteiger partial charge in [-0.3, -0.25) is 0 Å². The fraction of sp³-hybridized carbons (Fsp3) is 0.333. The second kappa shape index (κ2) is 4.53. The van der Waals surface area contributed by atoms with Crippen molar-refractivity contribution in [2.24, 2.45) is 0 Å². The SMILES string of the molecule is C[Si](C)(C)C#Cc1c(F)cccc1C(F)(F)F. The van der Waals surface area contributed by atoms with Gasteiger partial charge in [0.05, 0.1) is 11.1 Å². The van der Waals surface area contributed by atoms with Crippen LogP contribution in [0.25, 0.3) is 0 Å². The Morgan fingerprint density at radius 2 is 1.71 bits per heavy atom. The van der Waals surface area contributed by atoms with Crippen LogP contribution in [0.4, 0.5) is 17.6 Å². The Kier molecular flexibility index (Phi) is 3.67. The van der Waals surface area contributed by atoms with Gasteiger partial charge in [0.2, 0.25) is 0 Å². The van der Waals surface area contributed by atoms with Crippen LogP contribution in [0.5, 0.6) is 0 Å². The second-order valence-electron chi connectivity index (χ2n) is 4.66. The van der Waals surface area contributed by atoms with E-state index in [0.29, 0.717) is 0 Å². The molecule has 0 aliphatic carbocycles. The lowest BCUT2D eigenvalue weighted by Crippen LogP contribution is -2.17. The third-order valence-electron chi connectivity index (χ3n) is 1.88. The average molecular weight is 260 g/mol. The van der Waals surface area contributed by atoms with Gasteiger partial charge in [0.15, 0.2) is 0 Å². The summed E-state index contributed by atoms with van der Waals surface area (Å²) in [6, 6.07) is 2.87. The molecule has 5 heteroatoms. The Hall–Kier alpha value is -1.28. The van der Waals surface area contributed by atoms with Crippen LogP contribution in [-0.2, 0) is 6.18 Å². The molecule has 0 aliphatic rings.